The summed E-state index contributed by atoms with van der Waals surface area (Å²) in [5.41, 5.74) is 3.00. The van der Waals surface area contributed by atoms with E-state index in [2.05, 4.69) is 15.4 Å². The molecular formula is C21H19N5O2. The van der Waals surface area contributed by atoms with Crippen LogP contribution in [-0.2, 0) is 11.3 Å². The van der Waals surface area contributed by atoms with E-state index in [0.29, 0.717) is 17.3 Å². The van der Waals surface area contributed by atoms with Crippen molar-refractivity contribution in [2.24, 2.45) is 0 Å². The van der Waals surface area contributed by atoms with Gasteiger partial charge in [-0.2, -0.15) is 9.50 Å². The SMILES string of the molecule is Cc1ccc(NC(=O)Cn2c(C)cc(=O)n3nc(-c4ccccc4)nc23)cc1. The minimum absolute atomic E-state index is 0.0242. The predicted molar refractivity (Wildman–Crippen MR) is 107 cm³/mol. The Bertz CT molecular complexity index is 1210. The lowest BCUT2D eigenvalue weighted by atomic mass is 10.2. The quantitative estimate of drug-likeness (QED) is 0.596. The molecule has 2 aromatic carbocycles. The number of carbonyl (C=O) groups is 1. The van der Waals surface area contributed by atoms with Gasteiger partial charge in [0.25, 0.3) is 5.56 Å². The summed E-state index contributed by atoms with van der Waals surface area (Å²) in [7, 11) is 0. The third-order valence-corrected chi connectivity index (χ3v) is 4.47. The summed E-state index contributed by atoms with van der Waals surface area (Å²) in [4.78, 5) is 29.4. The molecule has 1 amide bonds. The Balaban J connectivity index is 1.70. The van der Waals surface area contributed by atoms with Crippen LogP contribution in [0.3, 0.4) is 0 Å². The maximum absolute atomic E-state index is 12.6. The van der Waals surface area contributed by atoms with E-state index in [4.69, 9.17) is 0 Å². The van der Waals surface area contributed by atoms with Crippen LogP contribution >= 0.6 is 0 Å². The molecule has 0 atom stereocenters. The van der Waals surface area contributed by atoms with E-state index < -0.39 is 0 Å². The second kappa shape index (κ2) is 7.11. The number of hydrogen-bond acceptors (Lipinski definition) is 4. The number of fused-ring (bicyclic) bond motifs is 1. The molecular weight excluding hydrogens is 354 g/mol. The molecule has 0 aliphatic heterocycles. The molecule has 28 heavy (non-hydrogen) atoms. The van der Waals surface area contributed by atoms with Crippen LogP contribution in [0.5, 0.6) is 0 Å². The molecule has 4 rings (SSSR count). The molecule has 4 aromatic rings. The van der Waals surface area contributed by atoms with Gasteiger partial charge >= 0.3 is 0 Å². The smallest absolute Gasteiger partial charge is 0.275 e. The Morgan fingerprint density at radius 1 is 1.04 bits per heavy atom. The number of rotatable bonds is 4. The number of carbonyl (C=O) groups excluding carboxylic acids is 1. The van der Waals surface area contributed by atoms with Gasteiger partial charge in [-0.25, -0.2) is 0 Å². The van der Waals surface area contributed by atoms with Crippen molar-refractivity contribution in [2.75, 3.05) is 5.32 Å². The summed E-state index contributed by atoms with van der Waals surface area (Å²) in [5.74, 6) is 0.570. The molecule has 1 N–H and O–H groups in total. The molecule has 0 radical (unpaired) electrons. The second-order valence-corrected chi connectivity index (χ2v) is 6.64. The van der Waals surface area contributed by atoms with Gasteiger partial charge in [-0.05, 0) is 26.0 Å². The number of nitrogens with one attached hydrogen (secondary N) is 1. The van der Waals surface area contributed by atoms with Crippen molar-refractivity contribution >= 4 is 17.4 Å². The number of amides is 1. The van der Waals surface area contributed by atoms with Crippen molar-refractivity contribution in [2.45, 2.75) is 20.4 Å². The van der Waals surface area contributed by atoms with Gasteiger partial charge in [-0.3, -0.25) is 9.59 Å². The van der Waals surface area contributed by atoms with Crippen LogP contribution in [0.2, 0.25) is 0 Å². The minimum Gasteiger partial charge on any atom is -0.325 e. The minimum atomic E-state index is -0.280. The Morgan fingerprint density at radius 2 is 1.75 bits per heavy atom. The molecule has 0 fully saturated rings. The number of hydrogen-bond donors (Lipinski definition) is 1. The fourth-order valence-electron chi connectivity index (χ4n) is 2.99. The van der Waals surface area contributed by atoms with Gasteiger partial charge in [-0.1, -0.05) is 48.0 Å². The van der Waals surface area contributed by atoms with Crippen molar-refractivity contribution in [3.8, 4) is 11.4 Å². The van der Waals surface area contributed by atoms with Crippen LogP contribution in [0.1, 0.15) is 11.3 Å². The average Bonchev–Trinajstić information content (AvgIpc) is 3.14. The molecule has 2 heterocycles. The molecule has 0 aliphatic carbocycles. The average molecular weight is 373 g/mol. The monoisotopic (exact) mass is 373 g/mol. The zero-order valence-corrected chi connectivity index (χ0v) is 15.6. The third kappa shape index (κ3) is 3.42. The fraction of sp³-hybridized carbons (Fsp3) is 0.143. The van der Waals surface area contributed by atoms with Crippen molar-refractivity contribution in [1.29, 1.82) is 0 Å². The van der Waals surface area contributed by atoms with Gasteiger partial charge in [0.05, 0.1) is 0 Å². The van der Waals surface area contributed by atoms with E-state index in [1.165, 1.54) is 10.6 Å². The lowest BCUT2D eigenvalue weighted by molar-refractivity contribution is -0.116. The predicted octanol–water partition coefficient (Wildman–Crippen LogP) is 2.81. The molecule has 0 saturated heterocycles. The Morgan fingerprint density at radius 3 is 2.46 bits per heavy atom. The Labute approximate surface area is 161 Å². The summed E-state index contributed by atoms with van der Waals surface area (Å²) < 4.78 is 2.92. The molecule has 7 heteroatoms. The molecule has 0 unspecified atom stereocenters. The molecule has 2 aromatic heterocycles. The van der Waals surface area contributed by atoms with Crippen molar-refractivity contribution in [1.82, 2.24) is 19.2 Å². The van der Waals surface area contributed by atoms with E-state index in [1.807, 2.05) is 61.5 Å². The summed E-state index contributed by atoms with van der Waals surface area (Å²) in [6.07, 6.45) is 0. The molecule has 0 spiro atoms. The van der Waals surface area contributed by atoms with Gasteiger partial charge in [0.15, 0.2) is 5.82 Å². The van der Waals surface area contributed by atoms with Crippen LogP contribution in [0, 0.1) is 13.8 Å². The van der Waals surface area contributed by atoms with Gasteiger partial charge < -0.3 is 9.88 Å². The van der Waals surface area contributed by atoms with E-state index in [9.17, 15) is 9.59 Å². The standard InChI is InChI=1S/C21H19N5O2/c1-14-8-10-17(11-9-14)22-18(27)13-25-15(2)12-19(28)26-21(25)23-20(24-26)16-6-4-3-5-7-16/h3-12H,13H2,1-2H3,(H,22,27). The van der Waals surface area contributed by atoms with Crippen molar-refractivity contribution in [3.05, 3.63) is 82.3 Å². The number of aromatic nitrogens is 4. The number of aryl methyl sites for hydroxylation is 2. The maximum Gasteiger partial charge on any atom is 0.275 e. The second-order valence-electron chi connectivity index (χ2n) is 6.64. The molecule has 7 nitrogen and oxygen atoms in total. The topological polar surface area (TPSA) is 81.3 Å². The first-order chi connectivity index (χ1) is 13.5. The summed E-state index contributed by atoms with van der Waals surface area (Å²) in [6.45, 7) is 3.79. The third-order valence-electron chi connectivity index (χ3n) is 4.47. The van der Waals surface area contributed by atoms with E-state index in [0.717, 1.165) is 16.8 Å². The van der Waals surface area contributed by atoms with Crippen LogP contribution in [0.4, 0.5) is 5.69 Å². The normalized spacial score (nSPS) is 10.9. The first-order valence-electron chi connectivity index (χ1n) is 8.90. The zero-order valence-electron chi connectivity index (χ0n) is 15.6. The highest BCUT2D eigenvalue weighted by molar-refractivity contribution is 5.90. The Kier molecular flexibility index (Phi) is 4.49. The fourth-order valence-corrected chi connectivity index (χ4v) is 2.99. The van der Waals surface area contributed by atoms with Gasteiger partial charge in [0, 0.05) is 23.0 Å². The van der Waals surface area contributed by atoms with Crippen molar-refractivity contribution < 1.29 is 4.79 Å². The zero-order chi connectivity index (χ0) is 19.7. The molecule has 0 bridgehead atoms. The molecule has 0 saturated carbocycles. The van der Waals surface area contributed by atoms with Crippen LogP contribution in [-0.4, -0.2) is 25.1 Å². The number of nitrogens with zero attached hydrogens (tertiary/aromatic N) is 4. The summed E-state index contributed by atoms with van der Waals surface area (Å²) in [6, 6.07) is 18.4. The molecule has 0 aliphatic rings. The molecule has 140 valence electrons. The lowest BCUT2D eigenvalue weighted by Gasteiger charge is -2.11. The van der Waals surface area contributed by atoms with E-state index in [-0.39, 0.29) is 18.0 Å². The van der Waals surface area contributed by atoms with E-state index in [1.54, 1.807) is 11.5 Å². The first-order valence-corrected chi connectivity index (χ1v) is 8.90. The number of anilines is 1. The number of benzene rings is 2. The van der Waals surface area contributed by atoms with Crippen LogP contribution < -0.4 is 10.9 Å². The van der Waals surface area contributed by atoms with Gasteiger partial charge in [0.1, 0.15) is 6.54 Å². The van der Waals surface area contributed by atoms with E-state index >= 15 is 0 Å². The highest BCUT2D eigenvalue weighted by atomic mass is 16.2. The van der Waals surface area contributed by atoms with Crippen molar-refractivity contribution in [3.63, 3.8) is 0 Å². The largest absolute Gasteiger partial charge is 0.325 e. The summed E-state index contributed by atoms with van der Waals surface area (Å²) >= 11 is 0. The first kappa shape index (κ1) is 17.7. The maximum atomic E-state index is 12.6. The summed E-state index contributed by atoms with van der Waals surface area (Å²) in [5, 5.41) is 7.19. The highest BCUT2D eigenvalue weighted by Gasteiger charge is 2.15. The van der Waals surface area contributed by atoms with Gasteiger partial charge in [-0.15, -0.1) is 5.10 Å². The van der Waals surface area contributed by atoms with Gasteiger partial charge in [0.2, 0.25) is 11.7 Å². The van der Waals surface area contributed by atoms with Crippen LogP contribution in [0.25, 0.3) is 17.2 Å². The van der Waals surface area contributed by atoms with Crippen LogP contribution in [0.15, 0.2) is 65.5 Å². The lowest BCUT2D eigenvalue weighted by Crippen LogP contribution is -2.25. The Hall–Kier alpha value is -3.74. The highest BCUT2D eigenvalue weighted by Crippen LogP contribution is 2.16.